The van der Waals surface area contributed by atoms with Crippen LogP contribution in [0.2, 0.25) is 5.22 Å². The summed E-state index contributed by atoms with van der Waals surface area (Å²) in [5, 5.41) is 0.375. The van der Waals surface area contributed by atoms with Crippen molar-refractivity contribution in [2.75, 3.05) is 0 Å². The molecule has 2 rings (SSSR count). The topological polar surface area (TPSA) is 39.2 Å². The van der Waals surface area contributed by atoms with E-state index in [1.165, 1.54) is 11.1 Å². The second-order valence-corrected chi connectivity index (χ2v) is 6.19. The first-order valence-corrected chi connectivity index (χ1v) is 7.42. The van der Waals surface area contributed by atoms with E-state index in [1.54, 1.807) is 6.07 Å². The zero-order chi connectivity index (χ0) is 14.9. The summed E-state index contributed by atoms with van der Waals surface area (Å²) in [5.74, 6) is 1.63. The Bertz CT molecular complexity index is 586. The average Bonchev–Trinajstić information content (AvgIpc) is 2.83. The van der Waals surface area contributed by atoms with Crippen LogP contribution in [0.3, 0.4) is 0 Å². The number of hydrogen-bond donors (Lipinski definition) is 1. The smallest absolute Gasteiger partial charge is 0.193 e. The number of rotatable bonds is 4. The molecule has 0 fully saturated rings. The van der Waals surface area contributed by atoms with Crippen LogP contribution in [0, 0.1) is 0 Å². The largest absolute Gasteiger partial charge is 0.448 e. The molecule has 0 bridgehead atoms. The van der Waals surface area contributed by atoms with Crippen LogP contribution in [0.15, 0.2) is 34.7 Å². The maximum atomic E-state index is 6.34. The zero-order valence-corrected chi connectivity index (χ0v) is 13.2. The fourth-order valence-corrected chi connectivity index (χ4v) is 2.54. The number of nitrogens with two attached hydrogens (primary N) is 1. The van der Waals surface area contributed by atoms with Crippen molar-refractivity contribution in [2.45, 2.75) is 45.6 Å². The van der Waals surface area contributed by atoms with Crippen LogP contribution in [0.1, 0.15) is 68.0 Å². The molecule has 0 aliphatic heterocycles. The van der Waals surface area contributed by atoms with Crippen molar-refractivity contribution < 1.29 is 4.42 Å². The third-order valence-electron chi connectivity index (χ3n) is 3.64. The summed E-state index contributed by atoms with van der Waals surface area (Å²) in [7, 11) is 0. The van der Waals surface area contributed by atoms with Gasteiger partial charge in [0.1, 0.15) is 5.76 Å². The molecule has 108 valence electrons. The second kappa shape index (κ2) is 6.02. The lowest BCUT2D eigenvalue weighted by Crippen LogP contribution is -2.14. The monoisotopic (exact) mass is 291 g/mol. The summed E-state index contributed by atoms with van der Waals surface area (Å²) in [6.45, 7) is 8.77. The van der Waals surface area contributed by atoms with Gasteiger partial charge in [0.2, 0.25) is 0 Å². The quantitative estimate of drug-likeness (QED) is 0.838. The van der Waals surface area contributed by atoms with Crippen LogP contribution < -0.4 is 5.73 Å². The van der Waals surface area contributed by atoms with Crippen molar-refractivity contribution in [3.05, 3.63) is 58.0 Å². The summed E-state index contributed by atoms with van der Waals surface area (Å²) in [4.78, 5) is 0. The third-order valence-corrected chi connectivity index (χ3v) is 3.84. The van der Waals surface area contributed by atoms with Crippen molar-refractivity contribution in [1.82, 2.24) is 0 Å². The second-order valence-electron chi connectivity index (χ2n) is 5.82. The van der Waals surface area contributed by atoms with E-state index in [0.29, 0.717) is 22.8 Å². The predicted octanol–water partition coefficient (Wildman–Crippen LogP) is 5.23. The Morgan fingerprint density at radius 1 is 0.950 bits per heavy atom. The van der Waals surface area contributed by atoms with Gasteiger partial charge >= 0.3 is 0 Å². The van der Waals surface area contributed by atoms with Crippen molar-refractivity contribution in [1.29, 1.82) is 0 Å². The summed E-state index contributed by atoms with van der Waals surface area (Å²) in [5.41, 5.74) is 10.1. The van der Waals surface area contributed by atoms with E-state index >= 15 is 0 Å². The molecule has 1 unspecified atom stereocenters. The molecule has 0 spiro atoms. The predicted molar refractivity (Wildman–Crippen MR) is 84.4 cm³/mol. The van der Waals surface area contributed by atoms with E-state index in [9.17, 15) is 0 Å². The van der Waals surface area contributed by atoms with Gasteiger partial charge in [0.25, 0.3) is 0 Å². The Morgan fingerprint density at radius 3 is 2.15 bits per heavy atom. The molecule has 0 saturated carbocycles. The highest BCUT2D eigenvalue weighted by molar-refractivity contribution is 6.28. The maximum absolute atomic E-state index is 6.34. The molecule has 1 atom stereocenters. The van der Waals surface area contributed by atoms with Crippen LogP contribution in [-0.2, 0) is 0 Å². The minimum atomic E-state index is -0.277. The van der Waals surface area contributed by atoms with E-state index in [0.717, 1.165) is 5.56 Å². The molecule has 0 aliphatic carbocycles. The zero-order valence-electron chi connectivity index (χ0n) is 12.5. The van der Waals surface area contributed by atoms with Gasteiger partial charge in [-0.15, -0.1) is 0 Å². The minimum absolute atomic E-state index is 0.277. The molecule has 3 heteroatoms. The van der Waals surface area contributed by atoms with Gasteiger partial charge in [0, 0.05) is 0 Å². The van der Waals surface area contributed by atoms with Gasteiger partial charge in [-0.2, -0.15) is 0 Å². The Morgan fingerprint density at radius 2 is 1.65 bits per heavy atom. The molecule has 20 heavy (non-hydrogen) atoms. The van der Waals surface area contributed by atoms with Gasteiger partial charge in [-0.25, -0.2) is 0 Å². The van der Waals surface area contributed by atoms with E-state index in [2.05, 4.69) is 45.9 Å². The summed E-state index contributed by atoms with van der Waals surface area (Å²) < 4.78 is 5.45. The van der Waals surface area contributed by atoms with Crippen LogP contribution >= 0.6 is 11.6 Å². The molecule has 2 aromatic rings. The van der Waals surface area contributed by atoms with Gasteiger partial charge in [-0.3, -0.25) is 0 Å². The molecule has 1 aromatic heterocycles. The fourth-order valence-electron chi connectivity index (χ4n) is 2.38. The highest BCUT2D eigenvalue weighted by Gasteiger charge is 2.19. The maximum Gasteiger partial charge on any atom is 0.193 e. The summed E-state index contributed by atoms with van der Waals surface area (Å²) in [6, 6.07) is 9.82. The van der Waals surface area contributed by atoms with Gasteiger partial charge in [-0.05, 0) is 52.3 Å². The van der Waals surface area contributed by atoms with Crippen molar-refractivity contribution in [3.8, 4) is 0 Å². The lowest BCUT2D eigenvalue weighted by Gasteiger charge is -2.19. The van der Waals surface area contributed by atoms with E-state index in [-0.39, 0.29) is 6.04 Å². The first kappa shape index (κ1) is 15.1. The highest BCUT2D eigenvalue weighted by Crippen LogP contribution is 2.32. The van der Waals surface area contributed by atoms with E-state index in [1.807, 2.05) is 6.07 Å². The summed E-state index contributed by atoms with van der Waals surface area (Å²) in [6.07, 6.45) is 0. The van der Waals surface area contributed by atoms with Crippen molar-refractivity contribution in [3.63, 3.8) is 0 Å². The molecule has 0 saturated heterocycles. The van der Waals surface area contributed by atoms with Gasteiger partial charge in [-0.1, -0.05) is 45.9 Å². The fraction of sp³-hybridized carbons (Fsp3) is 0.412. The van der Waals surface area contributed by atoms with Crippen molar-refractivity contribution in [2.24, 2.45) is 5.73 Å². The minimum Gasteiger partial charge on any atom is -0.448 e. The standard InChI is InChI=1S/C17H22ClNO/c1-10(2)12-5-6-13(14(9-12)11(3)4)17(19)15-7-8-16(18)20-15/h5-11,17H,19H2,1-4H3. The third kappa shape index (κ3) is 3.08. The molecular weight excluding hydrogens is 270 g/mol. The van der Waals surface area contributed by atoms with Crippen molar-refractivity contribution >= 4 is 11.6 Å². The molecule has 1 aromatic carbocycles. The SMILES string of the molecule is CC(C)c1ccc(C(N)c2ccc(Cl)o2)c(C(C)C)c1. The lowest BCUT2D eigenvalue weighted by atomic mass is 9.88. The Balaban J connectivity index is 2.45. The normalized spacial score (nSPS) is 13.2. The number of hydrogen-bond acceptors (Lipinski definition) is 2. The van der Waals surface area contributed by atoms with Crippen LogP contribution in [0.25, 0.3) is 0 Å². The molecule has 1 heterocycles. The van der Waals surface area contributed by atoms with Crippen LogP contribution in [-0.4, -0.2) is 0 Å². The molecular formula is C17H22ClNO. The number of benzene rings is 1. The van der Waals surface area contributed by atoms with E-state index in [4.69, 9.17) is 21.8 Å². The van der Waals surface area contributed by atoms with E-state index < -0.39 is 0 Å². The first-order valence-electron chi connectivity index (χ1n) is 7.04. The molecule has 0 amide bonds. The number of furan rings is 1. The van der Waals surface area contributed by atoms with Gasteiger partial charge in [0.15, 0.2) is 5.22 Å². The average molecular weight is 292 g/mol. The summed E-state index contributed by atoms with van der Waals surface area (Å²) >= 11 is 5.84. The molecule has 2 nitrogen and oxygen atoms in total. The highest BCUT2D eigenvalue weighted by atomic mass is 35.5. The van der Waals surface area contributed by atoms with Crippen LogP contribution in [0.5, 0.6) is 0 Å². The van der Waals surface area contributed by atoms with Gasteiger partial charge < -0.3 is 10.2 Å². The Kier molecular flexibility index (Phi) is 4.56. The Hall–Kier alpha value is -1.25. The molecule has 2 N–H and O–H groups in total. The number of halogens is 1. The first-order chi connectivity index (χ1) is 9.40. The molecule has 0 radical (unpaired) electrons. The van der Waals surface area contributed by atoms with Crippen LogP contribution in [0.4, 0.5) is 0 Å². The van der Waals surface area contributed by atoms with Gasteiger partial charge in [0.05, 0.1) is 6.04 Å². The lowest BCUT2D eigenvalue weighted by molar-refractivity contribution is 0.490. The molecule has 0 aliphatic rings. The Labute approximate surface area is 125 Å².